The number of hydrogen-bond acceptors (Lipinski definition) is 6. The van der Waals surface area contributed by atoms with Gasteiger partial charge in [0.25, 0.3) is 5.91 Å². The van der Waals surface area contributed by atoms with E-state index in [0.717, 1.165) is 38.0 Å². The lowest BCUT2D eigenvalue weighted by atomic mass is 9.89. The van der Waals surface area contributed by atoms with Gasteiger partial charge >= 0.3 is 5.97 Å². The van der Waals surface area contributed by atoms with Crippen LogP contribution in [0.3, 0.4) is 0 Å². The molecule has 1 aromatic heterocycles. The molecule has 8 nitrogen and oxygen atoms in total. The summed E-state index contributed by atoms with van der Waals surface area (Å²) in [5.41, 5.74) is 1.57. The Morgan fingerprint density at radius 1 is 1.15 bits per heavy atom. The highest BCUT2D eigenvalue weighted by Gasteiger charge is 2.42. The number of piperidine rings is 1. The standard InChI is InChI=1S/C25H32N2O5.C5H5N.C2H6/c1-4-31-20(3)19(2)7-5-6-14-26-15-12-25(13-16-26)18-27(23(28)17-32-25)22-10-8-21(9-11-22)24(29)30;1-2-4-6-5-3-1;1-2/h5-11H,3-4,12-18H2,1-2H3,(H,29,30);1-5H;1-2H3/b6-5+,19-7-;;. The Morgan fingerprint density at radius 3 is 2.33 bits per heavy atom. The zero-order chi connectivity index (χ0) is 29.4. The number of benzene rings is 1. The van der Waals surface area contributed by atoms with Gasteiger partial charge in [0.1, 0.15) is 12.4 Å². The number of ether oxygens (including phenoxy) is 2. The van der Waals surface area contributed by atoms with E-state index in [4.69, 9.17) is 14.6 Å². The number of morpholine rings is 1. The van der Waals surface area contributed by atoms with Crippen LogP contribution >= 0.6 is 0 Å². The molecule has 4 rings (SSSR count). The highest BCUT2D eigenvalue weighted by Crippen LogP contribution is 2.33. The summed E-state index contributed by atoms with van der Waals surface area (Å²) in [4.78, 5) is 31.4. The summed E-state index contributed by atoms with van der Waals surface area (Å²) in [5.74, 6) is -0.379. The van der Waals surface area contributed by atoms with Crippen molar-refractivity contribution in [1.82, 2.24) is 9.88 Å². The van der Waals surface area contributed by atoms with E-state index in [0.29, 0.717) is 24.6 Å². The van der Waals surface area contributed by atoms with Crippen LogP contribution in [0.1, 0.15) is 50.9 Å². The lowest BCUT2D eigenvalue weighted by molar-refractivity contribution is -0.144. The minimum absolute atomic E-state index is 0.0500. The summed E-state index contributed by atoms with van der Waals surface area (Å²) in [6.45, 7) is 15.6. The third-order valence-corrected chi connectivity index (χ3v) is 6.61. The number of hydrogen-bond donors (Lipinski definition) is 1. The zero-order valence-corrected chi connectivity index (χ0v) is 24.2. The van der Waals surface area contributed by atoms with E-state index in [1.165, 1.54) is 12.1 Å². The topological polar surface area (TPSA) is 92.2 Å². The molecule has 40 heavy (non-hydrogen) atoms. The van der Waals surface area contributed by atoms with E-state index in [1.54, 1.807) is 29.4 Å². The summed E-state index contributed by atoms with van der Waals surface area (Å²) >= 11 is 0. The molecule has 2 saturated heterocycles. The fourth-order valence-corrected chi connectivity index (χ4v) is 4.30. The molecule has 1 spiro atoms. The Bertz CT molecular complexity index is 1090. The highest BCUT2D eigenvalue weighted by molar-refractivity contribution is 5.96. The van der Waals surface area contributed by atoms with E-state index < -0.39 is 5.97 Å². The van der Waals surface area contributed by atoms with E-state index in [1.807, 2.05) is 58.0 Å². The molecule has 0 atom stereocenters. The van der Waals surface area contributed by atoms with E-state index in [2.05, 4.69) is 22.5 Å². The quantitative estimate of drug-likeness (QED) is 0.331. The molecule has 0 aliphatic carbocycles. The van der Waals surface area contributed by atoms with Crippen LogP contribution in [0.5, 0.6) is 0 Å². The number of amides is 1. The van der Waals surface area contributed by atoms with Crippen LogP contribution in [-0.2, 0) is 14.3 Å². The normalized spacial score (nSPS) is 16.9. The maximum atomic E-state index is 12.5. The monoisotopic (exact) mass is 549 g/mol. The first-order valence-corrected chi connectivity index (χ1v) is 13.8. The van der Waals surface area contributed by atoms with Crippen LogP contribution in [0.15, 0.2) is 91.0 Å². The van der Waals surface area contributed by atoms with Gasteiger partial charge in [0.05, 0.1) is 24.3 Å². The summed E-state index contributed by atoms with van der Waals surface area (Å²) in [5, 5.41) is 9.09. The lowest BCUT2D eigenvalue weighted by Gasteiger charge is -2.46. The first-order valence-electron chi connectivity index (χ1n) is 13.8. The molecule has 2 aliphatic rings. The zero-order valence-electron chi connectivity index (χ0n) is 24.2. The Labute approximate surface area is 238 Å². The van der Waals surface area contributed by atoms with Crippen LogP contribution in [-0.4, -0.2) is 71.9 Å². The largest absolute Gasteiger partial charge is 0.494 e. The lowest BCUT2D eigenvalue weighted by Crippen LogP contribution is -2.59. The Hall–Kier alpha value is -3.75. The first-order chi connectivity index (χ1) is 19.3. The van der Waals surface area contributed by atoms with Crippen LogP contribution < -0.4 is 4.90 Å². The number of aromatic carboxylic acids is 1. The summed E-state index contributed by atoms with van der Waals surface area (Å²) in [6.07, 6.45) is 11.3. The highest BCUT2D eigenvalue weighted by atomic mass is 16.5. The molecule has 2 aromatic rings. The van der Waals surface area contributed by atoms with Gasteiger partial charge in [-0.15, -0.1) is 0 Å². The van der Waals surface area contributed by atoms with Gasteiger partial charge in [-0.25, -0.2) is 4.79 Å². The number of anilines is 1. The Kier molecular flexibility index (Phi) is 13.8. The van der Waals surface area contributed by atoms with E-state index in [-0.39, 0.29) is 23.7 Å². The Balaban J connectivity index is 0.000000609. The number of carbonyl (C=O) groups excluding carboxylic acids is 1. The van der Waals surface area contributed by atoms with Gasteiger partial charge in [-0.1, -0.05) is 44.7 Å². The molecule has 0 bridgehead atoms. The summed E-state index contributed by atoms with van der Waals surface area (Å²) in [6, 6.07) is 12.2. The second kappa shape index (κ2) is 17.0. The molecule has 3 heterocycles. The van der Waals surface area contributed by atoms with Crippen molar-refractivity contribution in [2.75, 3.05) is 44.3 Å². The van der Waals surface area contributed by atoms with Gasteiger partial charge < -0.3 is 19.5 Å². The maximum absolute atomic E-state index is 12.5. The van der Waals surface area contributed by atoms with Crippen LogP contribution in [0, 0.1) is 0 Å². The van der Waals surface area contributed by atoms with Gasteiger partial charge in [-0.2, -0.15) is 0 Å². The third kappa shape index (κ3) is 10.1. The number of rotatable bonds is 8. The van der Waals surface area contributed by atoms with E-state index in [9.17, 15) is 9.59 Å². The van der Waals surface area contributed by atoms with Gasteiger partial charge in [0.2, 0.25) is 0 Å². The number of nitrogens with zero attached hydrogens (tertiary/aromatic N) is 3. The van der Waals surface area contributed by atoms with Gasteiger partial charge in [0.15, 0.2) is 0 Å². The van der Waals surface area contributed by atoms with Crippen molar-refractivity contribution in [3.05, 3.63) is 96.6 Å². The molecule has 0 unspecified atom stereocenters. The molecule has 1 aromatic carbocycles. The van der Waals surface area contributed by atoms with Crippen molar-refractivity contribution in [1.29, 1.82) is 0 Å². The van der Waals surface area contributed by atoms with Gasteiger partial charge in [-0.3, -0.25) is 14.7 Å². The molecule has 216 valence electrons. The average Bonchev–Trinajstić information content (AvgIpc) is 3.00. The minimum Gasteiger partial charge on any atom is -0.494 e. The number of carboxylic acids is 1. The second-order valence-electron chi connectivity index (χ2n) is 9.26. The predicted molar refractivity (Wildman–Crippen MR) is 159 cm³/mol. The molecule has 1 amide bonds. The number of aromatic nitrogens is 1. The predicted octanol–water partition coefficient (Wildman–Crippen LogP) is 5.74. The van der Waals surface area contributed by atoms with Crippen molar-refractivity contribution >= 4 is 17.6 Å². The molecule has 1 N–H and O–H groups in total. The maximum Gasteiger partial charge on any atom is 0.335 e. The van der Waals surface area contributed by atoms with Crippen molar-refractivity contribution < 1.29 is 24.2 Å². The second-order valence-corrected chi connectivity index (χ2v) is 9.26. The number of carbonyl (C=O) groups is 2. The number of allylic oxidation sites excluding steroid dienone is 3. The van der Waals surface area contributed by atoms with Crippen LogP contribution in [0.25, 0.3) is 0 Å². The summed E-state index contributed by atoms with van der Waals surface area (Å²) in [7, 11) is 0. The number of carboxylic acid groups (broad SMARTS) is 1. The molecular formula is C32H43N3O5. The third-order valence-electron chi connectivity index (χ3n) is 6.61. The van der Waals surface area contributed by atoms with Gasteiger partial charge in [0, 0.05) is 37.7 Å². The van der Waals surface area contributed by atoms with E-state index >= 15 is 0 Å². The number of pyridine rings is 1. The number of likely N-dealkylation sites (tertiary alicyclic amines) is 1. The molecule has 0 saturated carbocycles. The Morgan fingerprint density at radius 2 is 1.80 bits per heavy atom. The van der Waals surface area contributed by atoms with Crippen molar-refractivity contribution in [3.8, 4) is 0 Å². The molecule has 2 aliphatic heterocycles. The molecule has 0 radical (unpaired) electrons. The smallest absolute Gasteiger partial charge is 0.335 e. The van der Waals surface area contributed by atoms with Crippen molar-refractivity contribution in [3.63, 3.8) is 0 Å². The molecule has 2 fully saturated rings. The van der Waals surface area contributed by atoms with Crippen LogP contribution in [0.4, 0.5) is 5.69 Å². The van der Waals surface area contributed by atoms with Crippen molar-refractivity contribution in [2.24, 2.45) is 0 Å². The fraction of sp³-hybridized carbons (Fsp3) is 0.406. The van der Waals surface area contributed by atoms with Crippen LogP contribution in [0.2, 0.25) is 0 Å². The first kappa shape index (κ1) is 32.5. The SMILES string of the molecule is C=C(OCC)/C(C)=C\C=C\CN1CCC2(CC1)CN(c1ccc(C(=O)O)cc1)C(=O)CO2.CC.c1ccncc1. The van der Waals surface area contributed by atoms with Crippen molar-refractivity contribution in [2.45, 2.75) is 46.1 Å². The minimum atomic E-state index is -0.979. The molecular weight excluding hydrogens is 506 g/mol. The van der Waals surface area contributed by atoms with Gasteiger partial charge in [-0.05, 0) is 68.7 Å². The average molecular weight is 550 g/mol. The summed E-state index contributed by atoms with van der Waals surface area (Å²) < 4.78 is 11.4. The fourth-order valence-electron chi connectivity index (χ4n) is 4.30. The molecule has 8 heteroatoms.